The van der Waals surface area contributed by atoms with Crippen LogP contribution in [-0.2, 0) is 17.5 Å². The lowest BCUT2D eigenvalue weighted by molar-refractivity contribution is -0.141. The number of aromatic nitrogens is 5. The molecule has 15 heteroatoms. The van der Waals surface area contributed by atoms with Crippen LogP contribution in [0.5, 0.6) is 0 Å². The van der Waals surface area contributed by atoms with Gasteiger partial charge in [0.15, 0.2) is 11.5 Å². The number of esters is 1. The Morgan fingerprint density at radius 2 is 1.76 bits per heavy atom. The van der Waals surface area contributed by atoms with Crippen LogP contribution in [0.1, 0.15) is 42.5 Å². The maximum absolute atomic E-state index is 12.6. The first-order chi connectivity index (χ1) is 17.5. The number of benzene rings is 1. The zero-order valence-corrected chi connectivity index (χ0v) is 19.6. The molecule has 37 heavy (non-hydrogen) atoms. The second-order valence-electron chi connectivity index (χ2n) is 7.13. The first kappa shape index (κ1) is 27.0. The first-order valence-electron chi connectivity index (χ1n) is 10.1. The normalized spacial score (nSPS) is 10.8. The predicted molar refractivity (Wildman–Crippen MR) is 124 cm³/mol. The quantitative estimate of drug-likeness (QED) is 0.257. The minimum atomic E-state index is -4.55. The van der Waals surface area contributed by atoms with Crippen molar-refractivity contribution in [1.29, 1.82) is 0 Å². The molecule has 4 rings (SSSR count). The fourth-order valence-electron chi connectivity index (χ4n) is 2.89. The molecule has 0 radical (unpaired) electrons. The molecule has 0 aliphatic carbocycles. The first-order valence-corrected chi connectivity index (χ1v) is 10.5. The molecule has 0 aliphatic rings. The number of rotatable bonds is 5. The molecule has 192 valence electrons. The van der Waals surface area contributed by atoms with Gasteiger partial charge in [0, 0.05) is 18.3 Å². The van der Waals surface area contributed by atoms with Crippen LogP contribution in [0.25, 0.3) is 11.0 Å². The van der Waals surface area contributed by atoms with Gasteiger partial charge in [-0.25, -0.2) is 14.8 Å². The number of nitrogens with two attached hydrogens (primary N) is 1. The van der Waals surface area contributed by atoms with Crippen molar-refractivity contribution in [2.24, 2.45) is 0 Å². The number of methoxy groups -OCH3 is 1. The number of pyridine rings is 1. The van der Waals surface area contributed by atoms with E-state index in [9.17, 15) is 27.6 Å². The van der Waals surface area contributed by atoms with Gasteiger partial charge < -0.3 is 15.8 Å². The van der Waals surface area contributed by atoms with Crippen LogP contribution in [-0.4, -0.2) is 49.4 Å². The highest BCUT2D eigenvalue weighted by Crippen LogP contribution is 2.27. The summed E-state index contributed by atoms with van der Waals surface area (Å²) in [5, 5.41) is 8.22. The third-order valence-electron chi connectivity index (χ3n) is 4.69. The zero-order valence-electron chi connectivity index (χ0n) is 18.8. The van der Waals surface area contributed by atoms with Crippen molar-refractivity contribution in [1.82, 2.24) is 30.5 Å². The highest BCUT2D eigenvalue weighted by atomic mass is 35.5. The van der Waals surface area contributed by atoms with Gasteiger partial charge >= 0.3 is 12.1 Å². The third-order valence-corrected chi connectivity index (χ3v) is 4.91. The van der Waals surface area contributed by atoms with Gasteiger partial charge in [-0.3, -0.25) is 19.7 Å². The van der Waals surface area contributed by atoms with Gasteiger partial charge in [-0.05, 0) is 53.6 Å². The summed E-state index contributed by atoms with van der Waals surface area (Å²) in [4.78, 5) is 44.8. The van der Waals surface area contributed by atoms with Crippen LogP contribution >= 0.6 is 11.6 Å². The molecule has 1 amide bonds. The molecule has 0 saturated heterocycles. The van der Waals surface area contributed by atoms with Gasteiger partial charge in [0.2, 0.25) is 0 Å². The second kappa shape index (κ2) is 11.4. The highest BCUT2D eigenvalue weighted by molar-refractivity contribution is 6.67. The summed E-state index contributed by atoms with van der Waals surface area (Å²) < 4.78 is 42.3. The van der Waals surface area contributed by atoms with Crippen LogP contribution in [0, 0.1) is 0 Å². The van der Waals surface area contributed by atoms with Crippen molar-refractivity contribution in [2.75, 3.05) is 12.8 Å². The number of nitrogen functional groups attached to an aromatic ring is 1. The second-order valence-corrected chi connectivity index (χ2v) is 7.47. The van der Waals surface area contributed by atoms with Gasteiger partial charge in [0.1, 0.15) is 23.1 Å². The molecule has 4 aromatic rings. The summed E-state index contributed by atoms with van der Waals surface area (Å²) in [6.45, 7) is -0.125. The Morgan fingerprint density at radius 1 is 1.08 bits per heavy atom. The summed E-state index contributed by atoms with van der Waals surface area (Å²) in [6.07, 6.45) is -2.37. The lowest BCUT2D eigenvalue weighted by atomic mass is 10.1. The van der Waals surface area contributed by atoms with Crippen molar-refractivity contribution in [3.8, 4) is 0 Å². The number of nitrogens with zero attached hydrogens (tertiary/aromatic N) is 4. The van der Waals surface area contributed by atoms with Crippen LogP contribution in [0.4, 0.5) is 19.0 Å². The van der Waals surface area contributed by atoms with Crippen molar-refractivity contribution >= 4 is 45.6 Å². The van der Waals surface area contributed by atoms with E-state index < -0.39 is 29.0 Å². The number of halogens is 4. The molecule has 11 nitrogen and oxygen atoms in total. The molecule has 0 atom stereocenters. The van der Waals surface area contributed by atoms with Crippen molar-refractivity contribution in [2.45, 2.75) is 12.7 Å². The van der Waals surface area contributed by atoms with Gasteiger partial charge in [-0.2, -0.15) is 18.3 Å². The van der Waals surface area contributed by atoms with E-state index in [2.05, 4.69) is 35.2 Å². The molecule has 0 bridgehead atoms. The monoisotopic (exact) mass is 535 g/mol. The van der Waals surface area contributed by atoms with Crippen molar-refractivity contribution < 1.29 is 32.3 Å². The number of aromatic amines is 1. The number of hydrogen-bond donors (Lipinski definition) is 3. The Kier molecular flexibility index (Phi) is 8.34. The van der Waals surface area contributed by atoms with Crippen molar-refractivity contribution in [3.63, 3.8) is 0 Å². The number of carbonyl (C=O) groups is 3. The molecule has 0 fully saturated rings. The summed E-state index contributed by atoms with van der Waals surface area (Å²) in [6, 6.07) is 8.16. The number of anilines is 1. The molecule has 1 aromatic carbocycles. The fourth-order valence-corrected chi connectivity index (χ4v) is 3.01. The Hall–Kier alpha value is -4.59. The lowest BCUT2D eigenvalue weighted by Crippen LogP contribution is -2.24. The maximum Gasteiger partial charge on any atom is 0.433 e. The van der Waals surface area contributed by atoms with E-state index in [4.69, 9.17) is 17.3 Å². The van der Waals surface area contributed by atoms with Gasteiger partial charge in [0.05, 0.1) is 12.7 Å². The Bertz CT molecular complexity index is 1440. The number of carbonyl (C=O) groups excluding carboxylic acids is 3. The van der Waals surface area contributed by atoms with E-state index in [1.54, 1.807) is 0 Å². The average Bonchev–Trinajstić information content (AvgIpc) is 3.27. The minimum absolute atomic E-state index is 0.00528. The van der Waals surface area contributed by atoms with Gasteiger partial charge in [-0.1, -0.05) is 0 Å². The average molecular weight is 536 g/mol. The lowest BCUT2D eigenvalue weighted by Gasteiger charge is -2.08. The van der Waals surface area contributed by atoms with E-state index in [1.807, 2.05) is 0 Å². The highest BCUT2D eigenvalue weighted by Gasteiger charge is 2.32. The number of hydrogen-bond acceptors (Lipinski definition) is 9. The molecular weight excluding hydrogens is 519 g/mol. The van der Waals surface area contributed by atoms with Crippen LogP contribution in [0.3, 0.4) is 0 Å². The predicted octanol–water partition coefficient (Wildman–Crippen LogP) is 3.13. The molecule has 4 N–H and O–H groups in total. The van der Waals surface area contributed by atoms with E-state index in [1.165, 1.54) is 37.4 Å². The number of H-pyrrole nitrogens is 1. The standard InChI is InChI=1S/C13H10F3N7O.C9H7ClO3/c14-13(15,16)7-3-6(1-2-18-7)4-19-12(24)10-8-9(20-5-21-10)11(17)23-22-8;1-13-9(12)7-4-2-6(3-5-7)8(10)11/h1-3,5H,4H2,(H,19,24)(H3,17,22,23);2-5H,1H3. The largest absolute Gasteiger partial charge is 0.465 e. The Balaban J connectivity index is 0.000000248. The summed E-state index contributed by atoms with van der Waals surface area (Å²) in [5.74, 6) is -0.921. The molecule has 0 aliphatic heterocycles. The number of alkyl halides is 3. The van der Waals surface area contributed by atoms with Crippen LogP contribution < -0.4 is 11.1 Å². The maximum atomic E-state index is 12.6. The van der Waals surface area contributed by atoms with Gasteiger partial charge in [0.25, 0.3) is 11.1 Å². The van der Waals surface area contributed by atoms with E-state index in [-0.39, 0.29) is 29.1 Å². The zero-order chi connectivity index (χ0) is 27.2. The van der Waals surface area contributed by atoms with Crippen LogP contribution in [0.2, 0.25) is 0 Å². The smallest absolute Gasteiger partial charge is 0.433 e. The topological polar surface area (TPSA) is 166 Å². The number of nitrogens with one attached hydrogen (secondary N) is 2. The van der Waals surface area contributed by atoms with Crippen molar-refractivity contribution in [3.05, 3.63) is 77.0 Å². The SMILES string of the molecule is COC(=O)c1ccc(C(=O)Cl)cc1.Nc1n[nH]c2c(C(=O)NCc3ccnc(C(F)(F)F)c3)ncnc12. The summed E-state index contributed by atoms with van der Waals surface area (Å²) in [5.41, 5.74) is 6.09. The van der Waals surface area contributed by atoms with E-state index >= 15 is 0 Å². The minimum Gasteiger partial charge on any atom is -0.465 e. The van der Waals surface area contributed by atoms with Gasteiger partial charge in [-0.15, -0.1) is 0 Å². The molecule has 3 aromatic heterocycles. The van der Waals surface area contributed by atoms with E-state index in [0.29, 0.717) is 16.6 Å². The Labute approximate surface area is 211 Å². The molecular formula is C22H17ClF3N7O4. The molecule has 0 saturated carbocycles. The fraction of sp³-hybridized carbons (Fsp3) is 0.136. The number of amides is 1. The summed E-state index contributed by atoms with van der Waals surface area (Å²) in [7, 11) is 1.29. The third kappa shape index (κ3) is 6.76. The summed E-state index contributed by atoms with van der Waals surface area (Å²) >= 11 is 5.21. The molecule has 0 spiro atoms. The molecule has 0 unspecified atom stereocenters. The number of ether oxygens (including phenoxy) is 1. The van der Waals surface area contributed by atoms with E-state index in [0.717, 1.165) is 18.6 Å². The number of fused-ring (bicyclic) bond motifs is 1. The van der Waals surface area contributed by atoms with Crippen LogP contribution in [0.15, 0.2) is 48.9 Å². The Morgan fingerprint density at radius 3 is 2.38 bits per heavy atom. The molecule has 3 heterocycles.